The highest BCUT2D eigenvalue weighted by molar-refractivity contribution is 5.60. The summed E-state index contributed by atoms with van der Waals surface area (Å²) in [6, 6.07) is 3.59. The molecular formula is C10H8N2O7. The minimum atomic E-state index is -1.01. The lowest BCUT2D eigenvalue weighted by atomic mass is 10.2. The van der Waals surface area contributed by atoms with Crippen molar-refractivity contribution in [3.05, 3.63) is 48.8 Å². The van der Waals surface area contributed by atoms with Gasteiger partial charge in [0.1, 0.15) is 11.4 Å². The summed E-state index contributed by atoms with van der Waals surface area (Å²) in [5.41, 5.74) is 2.99. The van der Waals surface area contributed by atoms with Crippen molar-refractivity contribution < 1.29 is 20.2 Å². The molecule has 0 amide bonds. The molecule has 5 N–H and O–H groups in total. The second-order valence-electron chi connectivity index (χ2n) is 3.36. The third-order valence-electron chi connectivity index (χ3n) is 2.07. The Morgan fingerprint density at radius 3 is 1.84 bits per heavy atom. The monoisotopic (exact) mass is 268 g/mol. The van der Waals surface area contributed by atoms with Crippen molar-refractivity contribution in [2.75, 3.05) is 5.73 Å². The molecule has 2 aromatic carbocycles. The second-order valence-corrected chi connectivity index (χ2v) is 3.36. The number of nitro benzene ring substituents is 1. The Labute approximate surface area is 104 Å². The zero-order valence-electron chi connectivity index (χ0n) is 9.23. The Balaban J connectivity index is 0.000000200. The molecule has 0 fully saturated rings. The zero-order chi connectivity index (χ0) is 14.7. The van der Waals surface area contributed by atoms with E-state index in [1.807, 2.05) is 0 Å². The fourth-order valence-electron chi connectivity index (χ4n) is 1.06. The Morgan fingerprint density at radius 1 is 1.05 bits per heavy atom. The number of phenolic OH excluding ortho intramolecular Hbond substituents is 1. The van der Waals surface area contributed by atoms with Gasteiger partial charge >= 0.3 is 0 Å². The van der Waals surface area contributed by atoms with Crippen LogP contribution in [0.5, 0.6) is 17.2 Å². The van der Waals surface area contributed by atoms with E-state index in [0.29, 0.717) is 0 Å². The first-order valence-corrected chi connectivity index (χ1v) is 4.69. The summed E-state index contributed by atoms with van der Waals surface area (Å²) in [6.45, 7) is 0. The molecule has 0 saturated carbocycles. The van der Waals surface area contributed by atoms with Crippen molar-refractivity contribution >= 4 is 11.4 Å². The van der Waals surface area contributed by atoms with E-state index in [1.165, 1.54) is 12.1 Å². The Kier molecular flexibility index (Phi) is 3.70. The Hall–Kier alpha value is -3.10. The fraction of sp³-hybridized carbons (Fsp3) is 0. The van der Waals surface area contributed by atoms with Gasteiger partial charge in [-0.05, 0) is 12.1 Å². The van der Waals surface area contributed by atoms with E-state index in [1.54, 1.807) is 0 Å². The summed E-state index contributed by atoms with van der Waals surface area (Å²) in [5, 5.41) is 35.4. The van der Waals surface area contributed by atoms with Gasteiger partial charge in [-0.3, -0.25) is 19.7 Å². The lowest BCUT2D eigenvalue weighted by Gasteiger charge is -1.95. The molecule has 0 aromatic heterocycles. The molecule has 100 valence electrons. The standard InChI is InChI=1S/C6H6N2O3.C4H2O4/c7-5-2-1-4(9)3-6(5)8(10)11;5-1-2(6)4(8)3(1)7/h1-3,9H,7H2;5-6H. The van der Waals surface area contributed by atoms with Gasteiger partial charge < -0.3 is 21.1 Å². The average molecular weight is 268 g/mol. The van der Waals surface area contributed by atoms with E-state index in [9.17, 15) is 19.7 Å². The van der Waals surface area contributed by atoms with Crippen LogP contribution in [0.2, 0.25) is 0 Å². The van der Waals surface area contributed by atoms with Crippen LogP contribution >= 0.6 is 0 Å². The van der Waals surface area contributed by atoms with Crippen molar-refractivity contribution in [3.63, 3.8) is 0 Å². The number of rotatable bonds is 1. The first-order chi connectivity index (χ1) is 8.75. The summed E-state index contributed by atoms with van der Waals surface area (Å²) in [5.74, 6) is -1.81. The molecular weight excluding hydrogens is 260 g/mol. The quantitative estimate of drug-likeness (QED) is 0.178. The number of nitrogens with zero attached hydrogens (tertiary/aromatic N) is 1. The number of nitro groups is 1. The third kappa shape index (κ3) is 2.77. The zero-order valence-corrected chi connectivity index (χ0v) is 9.23. The van der Waals surface area contributed by atoms with Gasteiger partial charge in [0.25, 0.3) is 16.5 Å². The molecule has 2 aromatic rings. The van der Waals surface area contributed by atoms with E-state index in [2.05, 4.69) is 0 Å². The molecule has 0 aliphatic rings. The first kappa shape index (κ1) is 14.0. The molecule has 0 spiro atoms. The number of hydrogen-bond donors (Lipinski definition) is 4. The molecule has 0 radical (unpaired) electrons. The lowest BCUT2D eigenvalue weighted by molar-refractivity contribution is -0.384. The van der Waals surface area contributed by atoms with Crippen molar-refractivity contribution in [3.8, 4) is 17.2 Å². The number of phenols is 1. The van der Waals surface area contributed by atoms with Gasteiger partial charge in [0.2, 0.25) is 11.5 Å². The second kappa shape index (κ2) is 5.04. The number of nitrogens with two attached hydrogens (primary N) is 1. The van der Waals surface area contributed by atoms with Crippen molar-refractivity contribution in [1.82, 2.24) is 0 Å². The van der Waals surface area contributed by atoms with Gasteiger partial charge in [0.05, 0.1) is 11.0 Å². The maximum atomic E-state index is 10.2. The predicted molar refractivity (Wildman–Crippen MR) is 63.9 cm³/mol. The van der Waals surface area contributed by atoms with Crippen LogP contribution in [0.4, 0.5) is 11.4 Å². The van der Waals surface area contributed by atoms with Crippen LogP contribution in [0, 0.1) is 10.1 Å². The number of nitrogen functional groups attached to an aromatic ring is 1. The molecule has 2 rings (SSSR count). The van der Waals surface area contributed by atoms with Crippen LogP contribution in [0.15, 0.2) is 27.8 Å². The SMILES string of the molecule is Nc1ccc(O)cc1[N+](=O)[O-].O=c1c(O)c(O)c1=O. The van der Waals surface area contributed by atoms with Crippen LogP contribution in [0.1, 0.15) is 0 Å². The van der Waals surface area contributed by atoms with Gasteiger partial charge in [-0.25, -0.2) is 0 Å². The van der Waals surface area contributed by atoms with Crippen LogP contribution in [0.3, 0.4) is 0 Å². The van der Waals surface area contributed by atoms with Crippen molar-refractivity contribution in [2.24, 2.45) is 0 Å². The van der Waals surface area contributed by atoms with Crippen LogP contribution < -0.4 is 16.6 Å². The number of benzene rings is 1. The highest BCUT2D eigenvalue weighted by Gasteiger charge is 2.17. The molecule has 0 bridgehead atoms. The highest BCUT2D eigenvalue weighted by atomic mass is 16.6. The molecule has 9 heteroatoms. The van der Waals surface area contributed by atoms with E-state index in [4.69, 9.17) is 21.1 Å². The van der Waals surface area contributed by atoms with Gasteiger partial charge in [-0.2, -0.15) is 0 Å². The average Bonchev–Trinajstić information content (AvgIpc) is 2.39. The molecule has 0 aliphatic carbocycles. The minimum Gasteiger partial charge on any atom is -0.508 e. The van der Waals surface area contributed by atoms with Crippen LogP contribution in [0.25, 0.3) is 0 Å². The summed E-state index contributed by atoms with van der Waals surface area (Å²) in [6.07, 6.45) is 0. The normalized spacial score (nSPS) is 9.68. The summed E-state index contributed by atoms with van der Waals surface area (Å²) in [7, 11) is 0. The van der Waals surface area contributed by atoms with Crippen LogP contribution in [-0.4, -0.2) is 20.2 Å². The van der Waals surface area contributed by atoms with Gasteiger partial charge in [0.15, 0.2) is 0 Å². The predicted octanol–water partition coefficient (Wildman–Crippen LogP) is -0.424. The van der Waals surface area contributed by atoms with Crippen molar-refractivity contribution in [2.45, 2.75) is 0 Å². The van der Waals surface area contributed by atoms with Gasteiger partial charge in [-0.1, -0.05) is 0 Å². The molecule has 0 unspecified atom stereocenters. The first-order valence-electron chi connectivity index (χ1n) is 4.69. The van der Waals surface area contributed by atoms with Crippen molar-refractivity contribution in [1.29, 1.82) is 0 Å². The largest absolute Gasteiger partial charge is 0.508 e. The smallest absolute Gasteiger partial charge is 0.295 e. The third-order valence-corrected chi connectivity index (χ3v) is 2.07. The molecule has 0 aliphatic heterocycles. The highest BCUT2D eigenvalue weighted by Crippen LogP contribution is 2.25. The number of hydrogen-bond acceptors (Lipinski definition) is 8. The maximum absolute atomic E-state index is 10.2. The van der Waals surface area contributed by atoms with E-state index < -0.39 is 27.3 Å². The molecule has 0 atom stereocenters. The Morgan fingerprint density at radius 2 is 1.53 bits per heavy atom. The number of aromatic hydroxyl groups is 3. The molecule has 9 nitrogen and oxygen atoms in total. The van der Waals surface area contributed by atoms with E-state index in [-0.39, 0.29) is 17.1 Å². The van der Waals surface area contributed by atoms with Gasteiger partial charge in [-0.15, -0.1) is 0 Å². The summed E-state index contributed by atoms with van der Waals surface area (Å²) < 4.78 is 0. The molecule has 19 heavy (non-hydrogen) atoms. The van der Waals surface area contributed by atoms with Crippen LogP contribution in [-0.2, 0) is 0 Å². The Bertz CT molecular complexity index is 671. The maximum Gasteiger partial charge on any atom is 0.295 e. The van der Waals surface area contributed by atoms with E-state index >= 15 is 0 Å². The minimum absolute atomic E-state index is 0.0489. The summed E-state index contributed by atoms with van der Waals surface area (Å²) >= 11 is 0. The molecule has 0 saturated heterocycles. The number of anilines is 1. The topological polar surface area (TPSA) is 164 Å². The van der Waals surface area contributed by atoms with E-state index in [0.717, 1.165) is 6.07 Å². The summed E-state index contributed by atoms with van der Waals surface area (Å²) in [4.78, 5) is 29.5. The molecule has 0 heterocycles. The fourth-order valence-corrected chi connectivity index (χ4v) is 1.06. The lowest BCUT2D eigenvalue weighted by Crippen LogP contribution is -2.28. The van der Waals surface area contributed by atoms with Gasteiger partial charge in [0, 0.05) is 0 Å².